The molecule has 2 N–H and O–H groups in total. The molecule has 1 heterocycles. The number of nitrogens with one attached hydrogen (secondary N) is 2. The molecule has 0 bridgehead atoms. The number of aromatic nitrogens is 1. The second kappa shape index (κ2) is 8.07. The van der Waals surface area contributed by atoms with E-state index in [1.54, 1.807) is 13.0 Å². The third-order valence-corrected chi connectivity index (χ3v) is 3.65. The van der Waals surface area contributed by atoms with Crippen LogP contribution in [0.3, 0.4) is 0 Å². The molecule has 0 spiro atoms. The van der Waals surface area contributed by atoms with Crippen molar-refractivity contribution in [1.29, 1.82) is 0 Å². The van der Waals surface area contributed by atoms with Crippen molar-refractivity contribution in [3.05, 3.63) is 11.8 Å². The predicted octanol–water partition coefficient (Wildman–Crippen LogP) is 2.35. The van der Waals surface area contributed by atoms with E-state index < -0.39 is 0 Å². The minimum Gasteiger partial charge on any atom is -0.360 e. The zero-order valence-corrected chi connectivity index (χ0v) is 13.8. The third-order valence-electron chi connectivity index (χ3n) is 2.71. The van der Waals surface area contributed by atoms with Crippen molar-refractivity contribution in [2.24, 2.45) is 0 Å². The molecule has 0 saturated heterocycles. The molecule has 1 aromatic rings. The van der Waals surface area contributed by atoms with Gasteiger partial charge in [-0.1, -0.05) is 18.5 Å². The Morgan fingerprint density at radius 1 is 1.33 bits per heavy atom. The van der Waals surface area contributed by atoms with Gasteiger partial charge in [-0.25, -0.2) is 0 Å². The molecule has 1 rings (SSSR count). The summed E-state index contributed by atoms with van der Waals surface area (Å²) in [7, 11) is 0. The van der Waals surface area contributed by atoms with Crippen LogP contribution in [-0.2, 0) is 9.59 Å². The zero-order valence-electron chi connectivity index (χ0n) is 13.0. The Morgan fingerprint density at radius 2 is 2.00 bits per heavy atom. The Bertz CT molecular complexity index is 486. The van der Waals surface area contributed by atoms with Crippen LogP contribution < -0.4 is 10.6 Å². The van der Waals surface area contributed by atoms with Gasteiger partial charge in [0.15, 0.2) is 5.82 Å². The summed E-state index contributed by atoms with van der Waals surface area (Å²) in [6, 6.07) is 1.64. The summed E-state index contributed by atoms with van der Waals surface area (Å²) < 4.78 is 4.85. The number of thioether (sulfide) groups is 1. The van der Waals surface area contributed by atoms with Crippen molar-refractivity contribution >= 4 is 29.4 Å². The summed E-state index contributed by atoms with van der Waals surface area (Å²) in [5.41, 5.74) is -0.201. The van der Waals surface area contributed by atoms with Crippen LogP contribution in [0.25, 0.3) is 0 Å². The maximum atomic E-state index is 11.8. The topological polar surface area (TPSA) is 84.2 Å². The third kappa shape index (κ3) is 7.17. The standard InChI is InChI=1S/C14H23N3O3S/c1-5-6-14(3,4)16-13(19)9-21-8-12(18)15-11-7-10(2)20-17-11/h7H,5-6,8-9H2,1-4H3,(H,16,19)(H,15,17,18). The minimum atomic E-state index is -0.201. The molecule has 0 unspecified atom stereocenters. The molecule has 0 aromatic carbocycles. The molecule has 21 heavy (non-hydrogen) atoms. The van der Waals surface area contributed by atoms with Crippen molar-refractivity contribution in [3.8, 4) is 0 Å². The van der Waals surface area contributed by atoms with Crippen LogP contribution >= 0.6 is 11.8 Å². The van der Waals surface area contributed by atoms with Gasteiger partial charge < -0.3 is 15.2 Å². The number of rotatable bonds is 8. The van der Waals surface area contributed by atoms with Crippen LogP contribution in [0.15, 0.2) is 10.6 Å². The lowest BCUT2D eigenvalue weighted by molar-refractivity contribution is -0.120. The van der Waals surface area contributed by atoms with Crippen molar-refractivity contribution in [3.63, 3.8) is 0 Å². The number of carbonyl (C=O) groups is 2. The van der Waals surface area contributed by atoms with Gasteiger partial charge in [-0.15, -0.1) is 11.8 Å². The number of hydrogen-bond donors (Lipinski definition) is 2. The highest BCUT2D eigenvalue weighted by molar-refractivity contribution is 8.00. The summed E-state index contributed by atoms with van der Waals surface area (Å²) in [6.45, 7) is 7.83. The predicted molar refractivity (Wildman–Crippen MR) is 84.3 cm³/mol. The summed E-state index contributed by atoms with van der Waals surface area (Å²) in [5, 5.41) is 9.25. The Balaban J connectivity index is 2.23. The minimum absolute atomic E-state index is 0.0523. The Kier molecular flexibility index (Phi) is 6.74. The number of aryl methyl sites for hydroxylation is 1. The molecule has 0 radical (unpaired) electrons. The van der Waals surface area contributed by atoms with Gasteiger partial charge >= 0.3 is 0 Å². The molecule has 0 aliphatic heterocycles. The number of anilines is 1. The molecule has 0 fully saturated rings. The van der Waals surface area contributed by atoms with Crippen LogP contribution in [0.2, 0.25) is 0 Å². The van der Waals surface area contributed by atoms with Crippen LogP contribution in [-0.4, -0.2) is 34.0 Å². The fourth-order valence-electron chi connectivity index (χ4n) is 1.94. The van der Waals surface area contributed by atoms with E-state index in [1.807, 2.05) is 13.8 Å². The Labute approximate surface area is 129 Å². The number of nitrogens with zero attached hydrogens (tertiary/aromatic N) is 1. The van der Waals surface area contributed by atoms with Gasteiger partial charge in [-0.2, -0.15) is 0 Å². The molecular weight excluding hydrogens is 290 g/mol. The largest absolute Gasteiger partial charge is 0.360 e. The molecular formula is C14H23N3O3S. The normalized spacial score (nSPS) is 11.2. The van der Waals surface area contributed by atoms with Crippen LogP contribution in [0.1, 0.15) is 39.4 Å². The lowest BCUT2D eigenvalue weighted by atomic mass is 9.99. The Hall–Kier alpha value is -1.50. The molecule has 6 nitrogen and oxygen atoms in total. The fraction of sp³-hybridized carbons (Fsp3) is 0.643. The van der Waals surface area contributed by atoms with Crippen LogP contribution in [0.5, 0.6) is 0 Å². The zero-order chi connectivity index (χ0) is 15.9. The van der Waals surface area contributed by atoms with Gasteiger partial charge in [-0.3, -0.25) is 9.59 Å². The number of hydrogen-bond acceptors (Lipinski definition) is 5. The summed E-state index contributed by atoms with van der Waals surface area (Å²) in [5.74, 6) is 1.24. The van der Waals surface area contributed by atoms with Gasteiger partial charge in [0, 0.05) is 11.6 Å². The van der Waals surface area contributed by atoms with E-state index in [4.69, 9.17) is 4.52 Å². The average Bonchev–Trinajstić information content (AvgIpc) is 2.73. The first-order valence-corrected chi connectivity index (χ1v) is 8.10. The van der Waals surface area contributed by atoms with E-state index in [9.17, 15) is 9.59 Å². The highest BCUT2D eigenvalue weighted by atomic mass is 32.2. The van der Waals surface area contributed by atoms with Gasteiger partial charge in [0.1, 0.15) is 5.76 Å². The van der Waals surface area contributed by atoms with E-state index in [0.29, 0.717) is 11.6 Å². The molecule has 7 heteroatoms. The average molecular weight is 313 g/mol. The summed E-state index contributed by atoms with van der Waals surface area (Å²) in [6.07, 6.45) is 1.94. The number of carbonyl (C=O) groups excluding carboxylic acids is 2. The number of amides is 2. The Morgan fingerprint density at radius 3 is 2.57 bits per heavy atom. The van der Waals surface area contributed by atoms with Crippen LogP contribution in [0.4, 0.5) is 5.82 Å². The van der Waals surface area contributed by atoms with E-state index in [0.717, 1.165) is 12.8 Å². The smallest absolute Gasteiger partial charge is 0.235 e. The summed E-state index contributed by atoms with van der Waals surface area (Å²) >= 11 is 1.27. The van der Waals surface area contributed by atoms with E-state index in [-0.39, 0.29) is 28.9 Å². The van der Waals surface area contributed by atoms with Crippen molar-refractivity contribution in [2.45, 2.75) is 46.1 Å². The summed E-state index contributed by atoms with van der Waals surface area (Å²) in [4.78, 5) is 23.4. The molecule has 0 atom stereocenters. The molecule has 0 aliphatic carbocycles. The lowest BCUT2D eigenvalue weighted by Gasteiger charge is -2.25. The van der Waals surface area contributed by atoms with E-state index >= 15 is 0 Å². The first-order valence-electron chi connectivity index (χ1n) is 6.94. The monoisotopic (exact) mass is 313 g/mol. The van der Waals surface area contributed by atoms with Gasteiger partial charge in [0.2, 0.25) is 11.8 Å². The second-order valence-corrected chi connectivity index (χ2v) is 6.53. The molecule has 0 aliphatic rings. The first kappa shape index (κ1) is 17.6. The molecule has 0 saturated carbocycles. The lowest BCUT2D eigenvalue weighted by Crippen LogP contribution is -2.44. The van der Waals surface area contributed by atoms with E-state index in [1.165, 1.54) is 11.8 Å². The van der Waals surface area contributed by atoms with Gasteiger partial charge in [0.25, 0.3) is 0 Å². The van der Waals surface area contributed by atoms with Crippen molar-refractivity contribution < 1.29 is 14.1 Å². The fourth-order valence-corrected chi connectivity index (χ4v) is 2.56. The van der Waals surface area contributed by atoms with Crippen molar-refractivity contribution in [1.82, 2.24) is 10.5 Å². The van der Waals surface area contributed by atoms with Crippen LogP contribution in [0, 0.1) is 6.92 Å². The maximum absolute atomic E-state index is 11.8. The highest BCUT2D eigenvalue weighted by Crippen LogP contribution is 2.12. The quantitative estimate of drug-likeness (QED) is 0.769. The second-order valence-electron chi connectivity index (χ2n) is 5.55. The van der Waals surface area contributed by atoms with E-state index in [2.05, 4.69) is 22.7 Å². The molecule has 2 amide bonds. The SMILES string of the molecule is CCCC(C)(C)NC(=O)CSCC(=O)Nc1cc(C)on1. The van der Waals surface area contributed by atoms with Gasteiger partial charge in [0.05, 0.1) is 11.5 Å². The van der Waals surface area contributed by atoms with Gasteiger partial charge in [-0.05, 0) is 27.2 Å². The molecule has 1 aromatic heterocycles. The first-order chi connectivity index (χ1) is 9.82. The highest BCUT2D eigenvalue weighted by Gasteiger charge is 2.19. The van der Waals surface area contributed by atoms with Crippen molar-refractivity contribution in [2.75, 3.05) is 16.8 Å². The maximum Gasteiger partial charge on any atom is 0.235 e. The molecule has 118 valence electrons.